The molecule has 0 heterocycles. The first-order valence-electron chi connectivity index (χ1n) is 8.43. The smallest absolute Gasteiger partial charge is 0.146 e. The van der Waals surface area contributed by atoms with Crippen molar-refractivity contribution in [2.45, 2.75) is 40.0 Å². The fraction of sp³-hybridized carbons (Fsp3) is 0.273. The molecule has 1 aromatic rings. The van der Waals surface area contributed by atoms with Crippen LogP contribution in [-0.4, -0.2) is 6.29 Å². The van der Waals surface area contributed by atoms with Gasteiger partial charge in [0.1, 0.15) is 18.2 Å². The highest BCUT2D eigenvalue weighted by Gasteiger charge is 2.13. The summed E-state index contributed by atoms with van der Waals surface area (Å²) in [6, 6.07) is 6.43. The summed E-state index contributed by atoms with van der Waals surface area (Å²) in [5, 5.41) is 8.93. The zero-order valence-electron chi connectivity index (χ0n) is 14.9. The Hall–Kier alpha value is -2.73. The first-order chi connectivity index (χ1) is 12.0. The Kier molecular flexibility index (Phi) is 6.25. The first-order valence-corrected chi connectivity index (χ1v) is 8.43. The molecule has 1 aliphatic rings. The molecule has 0 radical (unpaired) electrons. The molecule has 128 valence electrons. The largest absolute Gasteiger partial charge is 0.298 e. The van der Waals surface area contributed by atoms with Gasteiger partial charge in [-0.15, -0.1) is 0 Å². The topological polar surface area (TPSA) is 40.9 Å². The van der Waals surface area contributed by atoms with Crippen molar-refractivity contribution in [3.05, 3.63) is 75.7 Å². The first kappa shape index (κ1) is 18.6. The van der Waals surface area contributed by atoms with E-state index in [1.54, 1.807) is 6.07 Å². The van der Waals surface area contributed by atoms with Crippen molar-refractivity contribution in [1.29, 1.82) is 5.26 Å². The summed E-state index contributed by atoms with van der Waals surface area (Å²) in [6.45, 7) is 6.02. The number of carbonyl (C=O) groups is 1. The molecule has 3 heteroatoms. The molecule has 0 fully saturated rings. The number of benzene rings is 1. The average Bonchev–Trinajstić information content (AvgIpc) is 2.63. The van der Waals surface area contributed by atoms with Crippen LogP contribution < -0.4 is 0 Å². The number of hydrogen-bond donors (Lipinski definition) is 0. The molecule has 0 spiro atoms. The standard InChI is InChI=1S/C22H22FNO/c1-4-17(14-25)11-21(16(3)18-7-5-15(2)6-8-18)19-9-10-20(13-24)22(23)12-19/h5,7,9-12,14H,4,6,8H2,1-3H3/b17-11+,21-16-. The number of carbonyl (C=O) groups excluding carboxylic acids is 1. The van der Waals surface area contributed by atoms with E-state index >= 15 is 0 Å². The number of nitriles is 1. The average molecular weight is 335 g/mol. The van der Waals surface area contributed by atoms with Gasteiger partial charge in [0.15, 0.2) is 0 Å². The molecule has 0 amide bonds. The third-order valence-electron chi connectivity index (χ3n) is 4.53. The summed E-state index contributed by atoms with van der Waals surface area (Å²) in [5.74, 6) is -0.545. The summed E-state index contributed by atoms with van der Waals surface area (Å²) in [7, 11) is 0. The molecule has 0 unspecified atom stereocenters. The van der Waals surface area contributed by atoms with Gasteiger partial charge in [-0.05, 0) is 79.2 Å². The normalized spacial score (nSPS) is 15.7. The second-order valence-electron chi connectivity index (χ2n) is 6.24. The summed E-state index contributed by atoms with van der Waals surface area (Å²) in [5.41, 5.74) is 5.72. The van der Waals surface area contributed by atoms with Crippen LogP contribution in [0.2, 0.25) is 0 Å². The van der Waals surface area contributed by atoms with Crippen LogP contribution in [0.1, 0.15) is 51.2 Å². The highest BCUT2D eigenvalue weighted by molar-refractivity contribution is 5.86. The van der Waals surface area contributed by atoms with Crippen LogP contribution in [0.3, 0.4) is 0 Å². The lowest BCUT2D eigenvalue weighted by atomic mass is 9.88. The molecule has 2 nitrogen and oxygen atoms in total. The van der Waals surface area contributed by atoms with Gasteiger partial charge in [-0.25, -0.2) is 4.39 Å². The Labute approximate surface area is 148 Å². The van der Waals surface area contributed by atoms with Crippen molar-refractivity contribution >= 4 is 11.9 Å². The summed E-state index contributed by atoms with van der Waals surface area (Å²) in [4.78, 5) is 11.3. The van der Waals surface area contributed by atoms with Gasteiger partial charge in [-0.1, -0.05) is 30.7 Å². The third kappa shape index (κ3) is 4.42. The molecule has 0 bridgehead atoms. The van der Waals surface area contributed by atoms with Crippen molar-refractivity contribution < 1.29 is 9.18 Å². The highest BCUT2D eigenvalue weighted by Crippen LogP contribution is 2.32. The van der Waals surface area contributed by atoms with Crippen molar-refractivity contribution in [3.8, 4) is 6.07 Å². The van der Waals surface area contributed by atoms with Gasteiger partial charge in [0.2, 0.25) is 0 Å². The van der Waals surface area contributed by atoms with Crippen LogP contribution in [0.4, 0.5) is 4.39 Å². The fourth-order valence-electron chi connectivity index (χ4n) is 2.81. The lowest BCUT2D eigenvalue weighted by Crippen LogP contribution is -1.98. The van der Waals surface area contributed by atoms with E-state index in [1.807, 2.05) is 26.0 Å². The van der Waals surface area contributed by atoms with Gasteiger partial charge in [-0.2, -0.15) is 5.26 Å². The number of rotatable bonds is 5. The van der Waals surface area contributed by atoms with Crippen molar-refractivity contribution in [2.24, 2.45) is 0 Å². The summed E-state index contributed by atoms with van der Waals surface area (Å²) in [6.07, 6.45) is 9.39. The predicted molar refractivity (Wildman–Crippen MR) is 99.2 cm³/mol. The Balaban J connectivity index is 2.64. The van der Waals surface area contributed by atoms with Crippen LogP contribution >= 0.6 is 0 Å². The quantitative estimate of drug-likeness (QED) is 0.395. The Bertz CT molecular complexity index is 847. The second kappa shape index (κ2) is 8.39. The maximum Gasteiger partial charge on any atom is 0.146 e. The maximum absolute atomic E-state index is 14.1. The van der Waals surface area contributed by atoms with Crippen LogP contribution in [0, 0.1) is 17.1 Å². The molecule has 1 aliphatic carbocycles. The molecule has 0 aliphatic heterocycles. The monoisotopic (exact) mass is 335 g/mol. The zero-order chi connectivity index (χ0) is 18.4. The van der Waals surface area contributed by atoms with Gasteiger partial charge in [-0.3, -0.25) is 4.79 Å². The molecule has 1 aromatic carbocycles. The van der Waals surface area contributed by atoms with E-state index in [0.29, 0.717) is 17.6 Å². The number of allylic oxidation sites excluding steroid dienone is 8. The maximum atomic E-state index is 14.1. The van der Waals surface area contributed by atoms with E-state index in [0.717, 1.165) is 30.3 Å². The van der Waals surface area contributed by atoms with Gasteiger partial charge < -0.3 is 0 Å². The fourth-order valence-corrected chi connectivity index (χ4v) is 2.81. The van der Waals surface area contributed by atoms with Crippen molar-refractivity contribution in [1.82, 2.24) is 0 Å². The molecule has 0 N–H and O–H groups in total. The Morgan fingerprint density at radius 1 is 1.32 bits per heavy atom. The van der Waals surface area contributed by atoms with E-state index in [2.05, 4.69) is 19.1 Å². The van der Waals surface area contributed by atoms with Gasteiger partial charge in [0.25, 0.3) is 0 Å². The predicted octanol–water partition coefficient (Wildman–Crippen LogP) is 5.67. The SMILES string of the molecule is CC/C(C=O)=C\C(=C(/C)C1=CC=C(C)CC1)c1ccc(C#N)c(F)c1. The van der Waals surface area contributed by atoms with Crippen molar-refractivity contribution in [2.75, 3.05) is 0 Å². The van der Waals surface area contributed by atoms with E-state index in [9.17, 15) is 9.18 Å². The van der Waals surface area contributed by atoms with Gasteiger partial charge >= 0.3 is 0 Å². The van der Waals surface area contributed by atoms with Crippen LogP contribution in [0.5, 0.6) is 0 Å². The van der Waals surface area contributed by atoms with Crippen LogP contribution in [0.15, 0.2) is 58.7 Å². The summed E-state index contributed by atoms with van der Waals surface area (Å²) < 4.78 is 14.1. The molecular formula is C22H22FNO. The highest BCUT2D eigenvalue weighted by atomic mass is 19.1. The van der Waals surface area contributed by atoms with E-state index < -0.39 is 5.82 Å². The molecular weight excluding hydrogens is 313 g/mol. The Morgan fingerprint density at radius 2 is 2.08 bits per heavy atom. The molecule has 2 rings (SSSR count). The zero-order valence-corrected chi connectivity index (χ0v) is 14.9. The van der Waals surface area contributed by atoms with Gasteiger partial charge in [0.05, 0.1) is 5.56 Å². The minimum atomic E-state index is -0.545. The Morgan fingerprint density at radius 3 is 2.60 bits per heavy atom. The molecule has 0 atom stereocenters. The van der Waals surface area contributed by atoms with E-state index in [-0.39, 0.29) is 5.56 Å². The third-order valence-corrected chi connectivity index (χ3v) is 4.53. The van der Waals surface area contributed by atoms with Crippen LogP contribution in [0.25, 0.3) is 5.57 Å². The minimum absolute atomic E-state index is 0.0197. The summed E-state index contributed by atoms with van der Waals surface area (Å²) >= 11 is 0. The molecule has 25 heavy (non-hydrogen) atoms. The van der Waals surface area contributed by atoms with Crippen LogP contribution in [-0.2, 0) is 4.79 Å². The van der Waals surface area contributed by atoms with Gasteiger partial charge in [0, 0.05) is 0 Å². The number of hydrogen-bond acceptors (Lipinski definition) is 2. The molecule has 0 saturated heterocycles. The van der Waals surface area contributed by atoms with E-state index in [4.69, 9.17) is 5.26 Å². The lowest BCUT2D eigenvalue weighted by Gasteiger charge is -2.17. The molecule has 0 aromatic heterocycles. The molecule has 0 saturated carbocycles. The number of nitrogens with zero attached hydrogens (tertiary/aromatic N) is 1. The van der Waals surface area contributed by atoms with Crippen molar-refractivity contribution in [3.63, 3.8) is 0 Å². The van der Waals surface area contributed by atoms with E-state index in [1.165, 1.54) is 23.3 Å². The minimum Gasteiger partial charge on any atom is -0.298 e. The lowest BCUT2D eigenvalue weighted by molar-refractivity contribution is -0.105. The number of halogens is 1. The number of aldehydes is 1. The second-order valence-corrected chi connectivity index (χ2v) is 6.24.